The molecule has 1 saturated carbocycles. The van der Waals surface area contributed by atoms with Crippen LogP contribution in [-0.2, 0) is 9.47 Å². The summed E-state index contributed by atoms with van der Waals surface area (Å²) in [5.74, 6) is 0.888. The normalized spacial score (nSPS) is 43.0. The van der Waals surface area contributed by atoms with Crippen LogP contribution in [0.4, 0.5) is 0 Å². The molecule has 1 saturated heterocycles. The van der Waals surface area contributed by atoms with Gasteiger partial charge in [0, 0.05) is 5.92 Å². The number of rotatable bonds is 0. The van der Waals surface area contributed by atoms with Crippen molar-refractivity contribution >= 4 is 0 Å². The van der Waals surface area contributed by atoms with E-state index in [1.54, 1.807) is 0 Å². The third-order valence-corrected chi connectivity index (χ3v) is 6.32. The highest BCUT2D eigenvalue weighted by atomic mass is 16.7. The van der Waals surface area contributed by atoms with Crippen LogP contribution in [0.5, 0.6) is 0 Å². The summed E-state index contributed by atoms with van der Waals surface area (Å²) >= 11 is 0. The second-order valence-electron chi connectivity index (χ2n) is 8.47. The minimum absolute atomic E-state index is 0.385. The van der Waals surface area contributed by atoms with Crippen LogP contribution < -0.4 is 0 Å². The molecule has 0 unspecified atom stereocenters. The van der Waals surface area contributed by atoms with Gasteiger partial charge in [-0.15, -0.1) is 0 Å². The number of fused-ring (bicyclic) bond motifs is 3. The predicted octanol–water partition coefficient (Wildman–Crippen LogP) is 4.55. The monoisotopic (exact) mass is 278 g/mol. The lowest BCUT2D eigenvalue weighted by Gasteiger charge is -2.56. The molecule has 0 amide bonds. The van der Waals surface area contributed by atoms with Gasteiger partial charge in [0.25, 0.3) is 0 Å². The number of hydrogen-bond acceptors (Lipinski definition) is 2. The third kappa shape index (κ3) is 2.25. The zero-order valence-corrected chi connectivity index (χ0v) is 13.8. The molecule has 3 aliphatic rings. The first-order valence-corrected chi connectivity index (χ1v) is 8.21. The molecule has 2 fully saturated rings. The van der Waals surface area contributed by atoms with Crippen LogP contribution in [0.15, 0.2) is 11.6 Å². The summed E-state index contributed by atoms with van der Waals surface area (Å²) in [5, 5.41) is 0. The van der Waals surface area contributed by atoms with Gasteiger partial charge in [-0.05, 0) is 55.4 Å². The van der Waals surface area contributed by atoms with Crippen LogP contribution in [0.1, 0.15) is 60.3 Å². The Labute approximate surface area is 123 Å². The third-order valence-electron chi connectivity index (χ3n) is 6.32. The summed E-state index contributed by atoms with van der Waals surface area (Å²) in [6.45, 7) is 13.1. The molecule has 0 aromatic heterocycles. The van der Waals surface area contributed by atoms with Crippen LogP contribution in [0.2, 0.25) is 0 Å². The zero-order chi connectivity index (χ0) is 14.6. The molecule has 1 heterocycles. The van der Waals surface area contributed by atoms with Crippen molar-refractivity contribution in [3.8, 4) is 0 Å². The Morgan fingerprint density at radius 3 is 2.55 bits per heavy atom. The molecule has 20 heavy (non-hydrogen) atoms. The number of ether oxygens (including phenoxy) is 2. The maximum atomic E-state index is 6.08. The van der Waals surface area contributed by atoms with Gasteiger partial charge in [0.1, 0.15) is 0 Å². The number of hydrogen-bond donors (Lipinski definition) is 0. The molecule has 0 bridgehead atoms. The van der Waals surface area contributed by atoms with Crippen molar-refractivity contribution in [2.45, 2.75) is 66.1 Å². The topological polar surface area (TPSA) is 18.5 Å². The molecular weight excluding hydrogens is 248 g/mol. The van der Waals surface area contributed by atoms with Gasteiger partial charge in [0.05, 0.1) is 13.2 Å². The van der Waals surface area contributed by atoms with Crippen LogP contribution in [0, 0.1) is 22.7 Å². The molecule has 1 aliphatic heterocycles. The van der Waals surface area contributed by atoms with E-state index in [1.165, 1.54) is 31.3 Å². The van der Waals surface area contributed by atoms with E-state index in [0.29, 0.717) is 16.7 Å². The van der Waals surface area contributed by atoms with E-state index >= 15 is 0 Å². The fourth-order valence-corrected chi connectivity index (χ4v) is 5.05. The van der Waals surface area contributed by atoms with E-state index < -0.39 is 5.79 Å². The molecule has 3 rings (SSSR count). The van der Waals surface area contributed by atoms with Crippen LogP contribution >= 0.6 is 0 Å². The Kier molecular flexibility index (Phi) is 3.34. The first kappa shape index (κ1) is 14.6. The highest BCUT2D eigenvalue weighted by Crippen LogP contribution is 2.60. The minimum atomic E-state index is -0.436. The maximum absolute atomic E-state index is 6.08. The molecule has 0 radical (unpaired) electrons. The lowest BCUT2D eigenvalue weighted by Crippen LogP contribution is -2.50. The van der Waals surface area contributed by atoms with Crippen molar-refractivity contribution < 1.29 is 9.47 Å². The molecule has 0 N–H and O–H groups in total. The Balaban J connectivity index is 1.94. The van der Waals surface area contributed by atoms with E-state index in [9.17, 15) is 0 Å². The predicted molar refractivity (Wildman–Crippen MR) is 81.4 cm³/mol. The quantitative estimate of drug-likeness (QED) is 0.605. The van der Waals surface area contributed by atoms with Gasteiger partial charge in [-0.3, -0.25) is 0 Å². The summed E-state index contributed by atoms with van der Waals surface area (Å²) < 4.78 is 12.0. The average molecular weight is 278 g/mol. The summed E-state index contributed by atoms with van der Waals surface area (Å²) in [6, 6.07) is 0. The molecule has 2 nitrogen and oxygen atoms in total. The van der Waals surface area contributed by atoms with Crippen molar-refractivity contribution in [2.24, 2.45) is 22.7 Å². The Hall–Kier alpha value is -0.340. The SMILES string of the molecule is CC1(C)OCC2=CC[C@H]3C(C)(C)CCC[C@]3(C)[C@H]2CO1. The fourth-order valence-electron chi connectivity index (χ4n) is 5.05. The van der Waals surface area contributed by atoms with E-state index in [1.807, 2.05) is 13.8 Å². The highest BCUT2D eigenvalue weighted by molar-refractivity contribution is 5.21. The van der Waals surface area contributed by atoms with Gasteiger partial charge in [-0.2, -0.15) is 0 Å². The van der Waals surface area contributed by atoms with Gasteiger partial charge in [0.15, 0.2) is 5.79 Å². The van der Waals surface area contributed by atoms with Crippen molar-refractivity contribution in [2.75, 3.05) is 13.2 Å². The fraction of sp³-hybridized carbons (Fsp3) is 0.889. The summed E-state index contributed by atoms with van der Waals surface area (Å²) in [6.07, 6.45) is 7.75. The molecule has 3 atom stereocenters. The summed E-state index contributed by atoms with van der Waals surface area (Å²) in [7, 11) is 0. The largest absolute Gasteiger partial charge is 0.350 e. The maximum Gasteiger partial charge on any atom is 0.163 e. The molecule has 0 spiro atoms. The summed E-state index contributed by atoms with van der Waals surface area (Å²) in [5.41, 5.74) is 2.33. The lowest BCUT2D eigenvalue weighted by molar-refractivity contribution is -0.204. The van der Waals surface area contributed by atoms with E-state index in [0.717, 1.165) is 19.1 Å². The summed E-state index contributed by atoms with van der Waals surface area (Å²) in [4.78, 5) is 0. The van der Waals surface area contributed by atoms with Crippen molar-refractivity contribution in [3.63, 3.8) is 0 Å². The highest BCUT2D eigenvalue weighted by Gasteiger charge is 2.53. The minimum Gasteiger partial charge on any atom is -0.350 e. The standard InChI is InChI=1S/C18H30O2/c1-16(2)9-6-10-18(5)14-12-20-17(3,4)19-11-13(14)7-8-15(16)18/h7,14-15H,6,8-12H2,1-5H3/t14-,15-,18+/m0/s1. The van der Waals surface area contributed by atoms with Crippen molar-refractivity contribution in [3.05, 3.63) is 11.6 Å². The van der Waals surface area contributed by atoms with Gasteiger partial charge in [-0.1, -0.05) is 33.3 Å². The van der Waals surface area contributed by atoms with Gasteiger partial charge >= 0.3 is 0 Å². The second-order valence-corrected chi connectivity index (χ2v) is 8.47. The molecule has 0 aromatic carbocycles. The number of allylic oxidation sites excluding steroid dienone is 1. The van der Waals surface area contributed by atoms with E-state index in [2.05, 4.69) is 26.8 Å². The van der Waals surface area contributed by atoms with Crippen molar-refractivity contribution in [1.29, 1.82) is 0 Å². The van der Waals surface area contributed by atoms with E-state index in [4.69, 9.17) is 9.47 Å². The lowest BCUT2D eigenvalue weighted by atomic mass is 9.49. The van der Waals surface area contributed by atoms with Crippen LogP contribution in [0.25, 0.3) is 0 Å². The molecule has 2 aliphatic carbocycles. The molecule has 0 aromatic rings. The smallest absolute Gasteiger partial charge is 0.163 e. The molecule has 114 valence electrons. The Morgan fingerprint density at radius 1 is 1.05 bits per heavy atom. The van der Waals surface area contributed by atoms with E-state index in [-0.39, 0.29) is 0 Å². The van der Waals surface area contributed by atoms with Crippen molar-refractivity contribution in [1.82, 2.24) is 0 Å². The zero-order valence-electron chi connectivity index (χ0n) is 13.8. The molecule has 2 heteroatoms. The van der Waals surface area contributed by atoms with Gasteiger partial charge in [-0.25, -0.2) is 0 Å². The van der Waals surface area contributed by atoms with Gasteiger partial charge < -0.3 is 9.47 Å². The average Bonchev–Trinajstić information content (AvgIpc) is 2.48. The Morgan fingerprint density at radius 2 is 1.80 bits per heavy atom. The van der Waals surface area contributed by atoms with Crippen LogP contribution in [-0.4, -0.2) is 19.0 Å². The first-order valence-electron chi connectivity index (χ1n) is 8.21. The van der Waals surface area contributed by atoms with Crippen LogP contribution in [0.3, 0.4) is 0 Å². The molecular formula is C18H30O2. The second kappa shape index (κ2) is 4.58. The van der Waals surface area contributed by atoms with Gasteiger partial charge in [0.2, 0.25) is 0 Å². The Bertz CT molecular complexity index is 421. The first-order chi connectivity index (χ1) is 9.25.